The quantitative estimate of drug-likeness (QED) is 0.201. The molecular formula is C28H37N7O7. The van der Waals surface area contributed by atoms with E-state index in [0.717, 1.165) is 42.0 Å². The topological polar surface area (TPSA) is 186 Å². The van der Waals surface area contributed by atoms with E-state index < -0.39 is 18.0 Å². The number of nitrogens with zero attached hydrogens (tertiary/aromatic N) is 4. The van der Waals surface area contributed by atoms with Crippen LogP contribution in [0, 0.1) is 0 Å². The molecule has 1 fully saturated rings. The number of pyridine rings is 2. The summed E-state index contributed by atoms with van der Waals surface area (Å²) in [5.74, 6) is -1.12. The lowest BCUT2D eigenvalue weighted by atomic mass is 10.0. The number of hydrogen-bond acceptors (Lipinski definition) is 9. The van der Waals surface area contributed by atoms with Crippen LogP contribution < -0.4 is 20.7 Å². The van der Waals surface area contributed by atoms with Crippen molar-refractivity contribution in [2.45, 2.75) is 44.7 Å². The fourth-order valence-corrected chi connectivity index (χ4v) is 5.20. The molecule has 0 spiro atoms. The van der Waals surface area contributed by atoms with Crippen molar-refractivity contribution in [1.29, 1.82) is 0 Å². The van der Waals surface area contributed by atoms with Gasteiger partial charge in [-0.05, 0) is 48.4 Å². The van der Waals surface area contributed by atoms with Gasteiger partial charge in [0.1, 0.15) is 5.82 Å². The zero-order valence-corrected chi connectivity index (χ0v) is 23.6. The minimum absolute atomic E-state index is 0.107. The van der Waals surface area contributed by atoms with Gasteiger partial charge in [0, 0.05) is 50.7 Å². The van der Waals surface area contributed by atoms with Gasteiger partial charge in [-0.3, -0.25) is 19.7 Å². The van der Waals surface area contributed by atoms with Crippen molar-refractivity contribution in [1.82, 2.24) is 30.4 Å². The number of methoxy groups -OCH3 is 1. The summed E-state index contributed by atoms with van der Waals surface area (Å²) < 4.78 is 5.10. The second-order valence-corrected chi connectivity index (χ2v) is 10.2. The van der Waals surface area contributed by atoms with Crippen LogP contribution in [-0.2, 0) is 33.8 Å². The highest BCUT2D eigenvalue weighted by Crippen LogP contribution is 2.29. The highest BCUT2D eigenvalue weighted by molar-refractivity contribution is 5.79. The molecule has 0 saturated carbocycles. The average Bonchev–Trinajstić information content (AvgIpc) is 3.34. The Bertz CT molecular complexity index is 1290. The van der Waals surface area contributed by atoms with Gasteiger partial charge < -0.3 is 35.4 Å². The molecule has 0 unspecified atom stereocenters. The number of carboxylic acid groups (broad SMARTS) is 2. The summed E-state index contributed by atoms with van der Waals surface area (Å²) in [5, 5.41) is 27.0. The Morgan fingerprint density at radius 2 is 2.00 bits per heavy atom. The van der Waals surface area contributed by atoms with Gasteiger partial charge in [-0.2, -0.15) is 0 Å². The summed E-state index contributed by atoms with van der Waals surface area (Å²) >= 11 is 0. The maximum Gasteiger partial charge on any atom is 0.320 e. The number of anilines is 1. The summed E-state index contributed by atoms with van der Waals surface area (Å²) in [6.07, 6.45) is 4.38. The fourth-order valence-electron chi connectivity index (χ4n) is 5.20. The zero-order valence-electron chi connectivity index (χ0n) is 23.6. The summed E-state index contributed by atoms with van der Waals surface area (Å²) in [7, 11) is 1.50. The SMILES string of the molecule is COc1ccc([C@H](CC(=O)O)N2CCN(CCCc3nc4c(cc3CNC(=O)CNCC(=O)O)CCCN4)C2=O)cn1. The lowest BCUT2D eigenvalue weighted by Crippen LogP contribution is -2.36. The molecule has 2 aromatic rings. The Hall–Kier alpha value is -4.46. The van der Waals surface area contributed by atoms with Crippen LogP contribution in [0.4, 0.5) is 10.6 Å². The number of carbonyl (C=O) groups excluding carboxylic acids is 2. The van der Waals surface area contributed by atoms with E-state index in [9.17, 15) is 24.3 Å². The molecule has 14 nitrogen and oxygen atoms in total. The number of nitrogens with one attached hydrogen (secondary N) is 3. The molecule has 5 N–H and O–H groups in total. The molecule has 4 heterocycles. The lowest BCUT2D eigenvalue weighted by Gasteiger charge is -2.27. The molecule has 0 aliphatic carbocycles. The molecule has 2 aromatic heterocycles. The van der Waals surface area contributed by atoms with Gasteiger partial charge in [-0.1, -0.05) is 6.07 Å². The van der Waals surface area contributed by atoms with E-state index in [1.165, 1.54) is 7.11 Å². The second-order valence-electron chi connectivity index (χ2n) is 10.2. The van der Waals surface area contributed by atoms with Crippen molar-refractivity contribution >= 4 is 29.7 Å². The van der Waals surface area contributed by atoms with E-state index in [2.05, 4.69) is 27.0 Å². The molecule has 226 valence electrons. The van der Waals surface area contributed by atoms with Crippen molar-refractivity contribution < 1.29 is 34.1 Å². The van der Waals surface area contributed by atoms with Crippen LogP contribution in [0.5, 0.6) is 5.88 Å². The molecular weight excluding hydrogens is 546 g/mol. The highest BCUT2D eigenvalue weighted by atomic mass is 16.5. The molecule has 42 heavy (non-hydrogen) atoms. The molecule has 4 rings (SSSR count). The maximum atomic E-state index is 13.3. The first-order valence-corrected chi connectivity index (χ1v) is 14.0. The van der Waals surface area contributed by atoms with Crippen LogP contribution in [-0.4, -0.2) is 100 Å². The molecule has 2 aliphatic heterocycles. The van der Waals surface area contributed by atoms with Crippen molar-refractivity contribution in [2.24, 2.45) is 0 Å². The number of carbonyl (C=O) groups is 4. The predicted octanol–water partition coefficient (Wildman–Crippen LogP) is 1.02. The number of amides is 3. The molecule has 14 heteroatoms. The van der Waals surface area contributed by atoms with Crippen molar-refractivity contribution in [3.05, 3.63) is 46.8 Å². The van der Waals surface area contributed by atoms with E-state index in [1.54, 1.807) is 28.1 Å². The minimum atomic E-state index is -1.04. The molecule has 2 aliphatic rings. The van der Waals surface area contributed by atoms with Crippen LogP contribution in [0.25, 0.3) is 0 Å². The molecule has 1 atom stereocenters. The average molecular weight is 584 g/mol. The van der Waals surface area contributed by atoms with Crippen LogP contribution in [0.3, 0.4) is 0 Å². The third kappa shape index (κ3) is 8.06. The smallest absolute Gasteiger partial charge is 0.320 e. The van der Waals surface area contributed by atoms with E-state index in [1.807, 2.05) is 0 Å². The number of urea groups is 1. The van der Waals surface area contributed by atoms with Gasteiger partial charge in [-0.25, -0.2) is 14.8 Å². The van der Waals surface area contributed by atoms with E-state index in [-0.39, 0.29) is 38.0 Å². The first kappa shape index (κ1) is 30.5. The summed E-state index contributed by atoms with van der Waals surface area (Å²) in [4.78, 5) is 60.2. The standard InChI is InChI=1S/C28H37N7O7/c1-42-24-7-6-19(14-32-24)22(13-25(37)38)35-11-10-34(28(35)41)9-3-5-21-20(12-18-4-2-8-30-27(18)33-21)15-31-23(36)16-29-17-26(39)40/h6-7,12,14,22,29H,2-5,8-11,13,15-17H2,1H3,(H,30,33)(H,31,36)(H,37,38)(H,39,40)/t22-/m0/s1. The number of rotatable bonds is 15. The van der Waals surface area contributed by atoms with Crippen molar-refractivity contribution in [3.63, 3.8) is 0 Å². The number of aromatic nitrogens is 2. The Morgan fingerprint density at radius 1 is 1.17 bits per heavy atom. The Kier molecular flexibility index (Phi) is 10.5. The van der Waals surface area contributed by atoms with Gasteiger partial charge in [0.15, 0.2) is 0 Å². The number of ether oxygens (including phenoxy) is 1. The first-order chi connectivity index (χ1) is 20.2. The molecule has 0 radical (unpaired) electrons. The first-order valence-electron chi connectivity index (χ1n) is 14.0. The maximum absolute atomic E-state index is 13.3. The number of hydrogen-bond donors (Lipinski definition) is 5. The van der Waals surface area contributed by atoms with Crippen molar-refractivity contribution in [3.8, 4) is 5.88 Å². The van der Waals surface area contributed by atoms with E-state index >= 15 is 0 Å². The Labute approximate surface area is 243 Å². The fraction of sp³-hybridized carbons (Fsp3) is 0.500. The number of aliphatic carboxylic acids is 2. The van der Waals surface area contributed by atoms with E-state index in [0.29, 0.717) is 43.9 Å². The van der Waals surface area contributed by atoms with E-state index in [4.69, 9.17) is 14.8 Å². The second kappa shape index (κ2) is 14.4. The molecule has 0 aromatic carbocycles. The third-order valence-electron chi connectivity index (χ3n) is 7.29. The van der Waals surface area contributed by atoms with Crippen LogP contribution in [0.15, 0.2) is 24.4 Å². The minimum Gasteiger partial charge on any atom is -0.481 e. The lowest BCUT2D eigenvalue weighted by molar-refractivity contribution is -0.138. The highest BCUT2D eigenvalue weighted by Gasteiger charge is 2.35. The number of aryl methyl sites for hydroxylation is 2. The van der Waals surface area contributed by atoms with Crippen LogP contribution in [0.1, 0.15) is 47.7 Å². The third-order valence-corrected chi connectivity index (χ3v) is 7.29. The van der Waals surface area contributed by atoms with Crippen LogP contribution in [0.2, 0.25) is 0 Å². The number of fused-ring (bicyclic) bond motifs is 1. The largest absolute Gasteiger partial charge is 0.481 e. The molecule has 1 saturated heterocycles. The summed E-state index contributed by atoms with van der Waals surface area (Å²) in [6, 6.07) is 4.56. The number of carboxylic acids is 2. The van der Waals surface area contributed by atoms with Gasteiger partial charge in [0.2, 0.25) is 11.8 Å². The summed E-state index contributed by atoms with van der Waals surface area (Å²) in [6.45, 7) is 2.03. The monoisotopic (exact) mass is 583 g/mol. The van der Waals surface area contributed by atoms with Crippen LogP contribution >= 0.6 is 0 Å². The summed E-state index contributed by atoms with van der Waals surface area (Å²) in [5.41, 5.74) is 3.41. The zero-order chi connectivity index (χ0) is 30.1. The van der Waals surface area contributed by atoms with Gasteiger partial charge in [0.05, 0.1) is 32.7 Å². The molecule has 3 amide bonds. The normalized spacial score (nSPS) is 15.1. The van der Waals surface area contributed by atoms with Gasteiger partial charge in [-0.15, -0.1) is 0 Å². The Balaban J connectivity index is 1.38. The predicted molar refractivity (Wildman–Crippen MR) is 151 cm³/mol. The van der Waals surface area contributed by atoms with Gasteiger partial charge in [0.25, 0.3) is 0 Å². The van der Waals surface area contributed by atoms with Gasteiger partial charge >= 0.3 is 18.0 Å². The molecule has 0 bridgehead atoms. The Morgan fingerprint density at radius 3 is 2.71 bits per heavy atom. The van der Waals surface area contributed by atoms with Crippen molar-refractivity contribution in [2.75, 3.05) is 51.7 Å².